The lowest BCUT2D eigenvalue weighted by atomic mass is 10.1. The molecule has 0 unspecified atom stereocenters. The third-order valence-electron chi connectivity index (χ3n) is 3.86. The van der Waals surface area contributed by atoms with Crippen LogP contribution >= 0.6 is 0 Å². The summed E-state index contributed by atoms with van der Waals surface area (Å²) in [7, 11) is 0. The van der Waals surface area contributed by atoms with Crippen LogP contribution in [-0.2, 0) is 16.2 Å². The third-order valence-corrected chi connectivity index (χ3v) is 3.86. The summed E-state index contributed by atoms with van der Waals surface area (Å²) in [6.07, 6.45) is -0.00537. The predicted octanol–water partition coefficient (Wildman–Crippen LogP) is 1.37. The van der Waals surface area contributed by atoms with E-state index in [1.165, 1.54) is 4.90 Å². The Bertz CT molecular complexity index is 697. The van der Waals surface area contributed by atoms with Crippen molar-refractivity contribution in [1.82, 2.24) is 0 Å². The van der Waals surface area contributed by atoms with Gasteiger partial charge in [0.25, 0.3) is 0 Å². The van der Waals surface area contributed by atoms with Crippen molar-refractivity contribution in [3.8, 4) is 5.75 Å². The van der Waals surface area contributed by atoms with Crippen LogP contribution in [0.5, 0.6) is 5.75 Å². The molecule has 5 nitrogen and oxygen atoms in total. The number of carbonyl (C=O) groups is 2. The minimum Gasteiger partial charge on any atom is -0.550 e. The molecule has 1 aliphatic heterocycles. The van der Waals surface area contributed by atoms with Crippen LogP contribution < -0.4 is 14.7 Å². The van der Waals surface area contributed by atoms with Crippen molar-refractivity contribution in [2.45, 2.75) is 13.0 Å². The van der Waals surface area contributed by atoms with E-state index in [1.807, 2.05) is 30.3 Å². The van der Waals surface area contributed by atoms with E-state index >= 15 is 0 Å². The number of nitrogens with zero attached hydrogens (tertiary/aromatic N) is 1. The minimum absolute atomic E-state index is 0.00537. The molecule has 2 aromatic rings. The van der Waals surface area contributed by atoms with Crippen LogP contribution in [0.3, 0.4) is 0 Å². The number of ether oxygens (including phenoxy) is 1. The zero-order valence-corrected chi connectivity index (χ0v) is 12.5. The molecule has 0 aliphatic carbocycles. The van der Waals surface area contributed by atoms with Gasteiger partial charge in [0.2, 0.25) is 5.91 Å². The molecule has 0 radical (unpaired) electrons. The van der Waals surface area contributed by atoms with Crippen LogP contribution in [0.15, 0.2) is 54.6 Å². The average Bonchev–Trinajstić information content (AvgIpc) is 2.97. The normalized spacial score (nSPS) is 17.3. The summed E-state index contributed by atoms with van der Waals surface area (Å²) >= 11 is 0. The van der Waals surface area contributed by atoms with Gasteiger partial charge in [-0.2, -0.15) is 0 Å². The van der Waals surface area contributed by atoms with E-state index in [-0.39, 0.29) is 18.9 Å². The third kappa shape index (κ3) is 3.51. The number of rotatable bonds is 5. The molecule has 1 amide bonds. The number of benzene rings is 2. The zero-order valence-electron chi connectivity index (χ0n) is 12.5. The smallest absolute Gasteiger partial charge is 0.227 e. The van der Waals surface area contributed by atoms with Gasteiger partial charge in [-0.3, -0.25) is 4.79 Å². The second kappa shape index (κ2) is 6.52. The lowest BCUT2D eigenvalue weighted by Gasteiger charge is -2.17. The van der Waals surface area contributed by atoms with Gasteiger partial charge in [0, 0.05) is 30.5 Å². The van der Waals surface area contributed by atoms with Crippen molar-refractivity contribution < 1.29 is 19.4 Å². The second-order valence-corrected chi connectivity index (χ2v) is 5.49. The van der Waals surface area contributed by atoms with Crippen LogP contribution in [0.1, 0.15) is 12.0 Å². The first-order chi connectivity index (χ1) is 11.1. The van der Waals surface area contributed by atoms with Gasteiger partial charge in [0.15, 0.2) is 0 Å². The molecule has 2 aromatic carbocycles. The van der Waals surface area contributed by atoms with E-state index in [1.54, 1.807) is 24.3 Å². The Hall–Kier alpha value is -2.82. The first kappa shape index (κ1) is 15.1. The molecule has 1 heterocycles. The van der Waals surface area contributed by atoms with Crippen molar-refractivity contribution in [2.24, 2.45) is 5.92 Å². The molecular formula is C18H16NO4-. The number of anilines is 1. The molecule has 3 rings (SSSR count). The monoisotopic (exact) mass is 310 g/mol. The van der Waals surface area contributed by atoms with Crippen LogP contribution in [-0.4, -0.2) is 18.4 Å². The van der Waals surface area contributed by atoms with Crippen molar-refractivity contribution >= 4 is 17.6 Å². The van der Waals surface area contributed by atoms with E-state index in [9.17, 15) is 14.7 Å². The number of hydrogen-bond acceptors (Lipinski definition) is 4. The number of carboxylic acid groups (broad SMARTS) is 1. The highest BCUT2D eigenvalue weighted by Gasteiger charge is 2.31. The van der Waals surface area contributed by atoms with Gasteiger partial charge < -0.3 is 19.5 Å². The molecule has 5 heteroatoms. The molecule has 0 bridgehead atoms. The van der Waals surface area contributed by atoms with E-state index in [4.69, 9.17) is 4.74 Å². The summed E-state index contributed by atoms with van der Waals surface area (Å²) in [6.45, 7) is 0.626. The van der Waals surface area contributed by atoms with Gasteiger partial charge in [0.1, 0.15) is 12.4 Å². The van der Waals surface area contributed by atoms with Crippen LogP contribution in [0.25, 0.3) is 0 Å². The molecule has 0 aromatic heterocycles. The molecule has 1 saturated heterocycles. The molecule has 0 spiro atoms. The van der Waals surface area contributed by atoms with Crippen molar-refractivity contribution in [3.05, 3.63) is 60.2 Å². The summed E-state index contributed by atoms with van der Waals surface area (Å²) in [4.78, 5) is 24.3. The maximum absolute atomic E-state index is 11.9. The fourth-order valence-corrected chi connectivity index (χ4v) is 2.58. The number of amides is 1. The van der Waals surface area contributed by atoms with E-state index in [0.717, 1.165) is 5.56 Å². The Kier molecular flexibility index (Phi) is 4.28. The number of carbonyl (C=O) groups excluding carboxylic acids is 2. The highest BCUT2D eigenvalue weighted by Crippen LogP contribution is 2.26. The molecule has 1 fully saturated rings. The molecule has 1 aliphatic rings. The van der Waals surface area contributed by atoms with E-state index in [2.05, 4.69) is 0 Å². The Morgan fingerprint density at radius 1 is 1.13 bits per heavy atom. The molecule has 0 N–H and O–H groups in total. The fraction of sp³-hybridized carbons (Fsp3) is 0.222. The number of hydrogen-bond donors (Lipinski definition) is 0. The van der Waals surface area contributed by atoms with Gasteiger partial charge in [-0.25, -0.2) is 0 Å². The molecule has 23 heavy (non-hydrogen) atoms. The van der Waals surface area contributed by atoms with Gasteiger partial charge in [-0.05, 0) is 29.8 Å². The van der Waals surface area contributed by atoms with Crippen LogP contribution in [0, 0.1) is 5.92 Å². The fourth-order valence-electron chi connectivity index (χ4n) is 2.58. The summed E-state index contributed by atoms with van der Waals surface area (Å²) in [6, 6.07) is 16.9. The van der Waals surface area contributed by atoms with Crippen LogP contribution in [0.2, 0.25) is 0 Å². The maximum Gasteiger partial charge on any atom is 0.227 e. The van der Waals surface area contributed by atoms with E-state index < -0.39 is 11.9 Å². The molecule has 1 atom stereocenters. The maximum atomic E-state index is 11.9. The Labute approximate surface area is 134 Å². The standard InChI is InChI=1S/C18H17NO4/c20-17-10-14(18(21)22)11-19(17)15-6-8-16(9-7-15)23-12-13-4-2-1-3-5-13/h1-9,14H,10-12H2,(H,21,22)/p-1/t14-/m0/s1. The molecular weight excluding hydrogens is 294 g/mol. The quantitative estimate of drug-likeness (QED) is 0.836. The van der Waals surface area contributed by atoms with Gasteiger partial charge in [0.05, 0.1) is 0 Å². The van der Waals surface area contributed by atoms with Crippen molar-refractivity contribution in [1.29, 1.82) is 0 Å². The Balaban J connectivity index is 1.63. The molecule has 118 valence electrons. The second-order valence-electron chi connectivity index (χ2n) is 5.49. The predicted molar refractivity (Wildman–Crippen MR) is 82.7 cm³/mol. The summed E-state index contributed by atoms with van der Waals surface area (Å²) in [5.74, 6) is -1.42. The van der Waals surface area contributed by atoms with Gasteiger partial charge in [-0.1, -0.05) is 30.3 Å². The lowest BCUT2D eigenvalue weighted by molar-refractivity contribution is -0.310. The first-order valence-corrected chi connectivity index (χ1v) is 7.41. The SMILES string of the molecule is O=C([O-])[C@H]1CC(=O)N(c2ccc(OCc3ccccc3)cc2)C1. The zero-order chi connectivity index (χ0) is 16.2. The summed E-state index contributed by atoms with van der Waals surface area (Å²) in [5, 5.41) is 10.9. The van der Waals surface area contributed by atoms with Crippen molar-refractivity contribution in [3.63, 3.8) is 0 Å². The lowest BCUT2D eigenvalue weighted by Crippen LogP contribution is -2.33. The first-order valence-electron chi connectivity index (χ1n) is 7.41. The Morgan fingerprint density at radius 3 is 2.43 bits per heavy atom. The number of carboxylic acids is 1. The summed E-state index contributed by atoms with van der Waals surface area (Å²) in [5.41, 5.74) is 1.74. The summed E-state index contributed by atoms with van der Waals surface area (Å²) < 4.78 is 5.69. The van der Waals surface area contributed by atoms with Gasteiger partial charge >= 0.3 is 0 Å². The minimum atomic E-state index is -1.18. The number of aliphatic carboxylic acids is 1. The van der Waals surface area contributed by atoms with E-state index in [0.29, 0.717) is 18.0 Å². The highest BCUT2D eigenvalue weighted by atomic mass is 16.5. The van der Waals surface area contributed by atoms with Crippen LogP contribution in [0.4, 0.5) is 5.69 Å². The average molecular weight is 310 g/mol. The van der Waals surface area contributed by atoms with Crippen molar-refractivity contribution in [2.75, 3.05) is 11.4 Å². The molecule has 0 saturated carbocycles. The van der Waals surface area contributed by atoms with Gasteiger partial charge in [-0.15, -0.1) is 0 Å². The Morgan fingerprint density at radius 2 is 1.83 bits per heavy atom. The highest BCUT2D eigenvalue weighted by molar-refractivity contribution is 5.98. The largest absolute Gasteiger partial charge is 0.550 e. The topological polar surface area (TPSA) is 69.7 Å².